The maximum absolute atomic E-state index is 13.4. The summed E-state index contributed by atoms with van der Waals surface area (Å²) in [7, 11) is 0. The highest BCUT2D eigenvalue weighted by molar-refractivity contribution is 6.38. The molecule has 4 rings (SSSR count). The van der Waals surface area contributed by atoms with Gasteiger partial charge in [-0.25, -0.2) is 4.79 Å². The zero-order chi connectivity index (χ0) is 20.2. The largest absolute Gasteiger partial charge is 0.461 e. The van der Waals surface area contributed by atoms with Crippen LogP contribution in [0.15, 0.2) is 35.4 Å². The van der Waals surface area contributed by atoms with Crippen molar-refractivity contribution in [1.82, 2.24) is 15.1 Å². The molecule has 1 aromatic carbocycles. The average Bonchev–Trinajstić information content (AvgIpc) is 3.43. The predicted octanol–water partition coefficient (Wildman–Crippen LogP) is 0.691. The SMILES string of the molecule is CCOC(=O)C1=NN(c2ccccc2)C(C(=O)N2CCC(N3CCNCC3)C2)C1. The lowest BCUT2D eigenvalue weighted by molar-refractivity contribution is -0.135. The van der Waals surface area contributed by atoms with E-state index in [1.807, 2.05) is 35.2 Å². The van der Waals surface area contributed by atoms with E-state index in [2.05, 4.69) is 15.3 Å². The Morgan fingerprint density at radius 2 is 1.93 bits per heavy atom. The summed E-state index contributed by atoms with van der Waals surface area (Å²) >= 11 is 0. The van der Waals surface area contributed by atoms with Crippen LogP contribution in [0.4, 0.5) is 5.69 Å². The zero-order valence-corrected chi connectivity index (χ0v) is 16.9. The van der Waals surface area contributed by atoms with Crippen LogP contribution >= 0.6 is 0 Å². The molecule has 3 heterocycles. The molecule has 0 bridgehead atoms. The lowest BCUT2D eigenvalue weighted by Crippen LogP contribution is -2.50. The van der Waals surface area contributed by atoms with Crippen molar-refractivity contribution in [3.05, 3.63) is 30.3 Å². The van der Waals surface area contributed by atoms with E-state index >= 15 is 0 Å². The monoisotopic (exact) mass is 399 g/mol. The molecule has 2 saturated heterocycles. The Labute approximate surface area is 171 Å². The summed E-state index contributed by atoms with van der Waals surface area (Å²) in [5.41, 5.74) is 1.12. The van der Waals surface area contributed by atoms with Gasteiger partial charge >= 0.3 is 5.97 Å². The number of benzene rings is 1. The molecule has 0 aliphatic carbocycles. The minimum Gasteiger partial charge on any atom is -0.461 e. The summed E-state index contributed by atoms with van der Waals surface area (Å²) in [4.78, 5) is 30.1. The van der Waals surface area contributed by atoms with Gasteiger partial charge in [0.25, 0.3) is 0 Å². The van der Waals surface area contributed by atoms with Gasteiger partial charge in [0.1, 0.15) is 11.8 Å². The molecule has 0 saturated carbocycles. The van der Waals surface area contributed by atoms with Crippen molar-refractivity contribution < 1.29 is 14.3 Å². The fourth-order valence-corrected chi connectivity index (χ4v) is 4.36. The molecule has 2 fully saturated rings. The number of nitrogens with zero attached hydrogens (tertiary/aromatic N) is 4. The van der Waals surface area contributed by atoms with Crippen molar-refractivity contribution >= 4 is 23.3 Å². The summed E-state index contributed by atoms with van der Waals surface area (Å²) in [6.45, 7) is 7.63. The topological polar surface area (TPSA) is 77.5 Å². The van der Waals surface area contributed by atoms with Gasteiger partial charge in [0.2, 0.25) is 5.91 Å². The summed E-state index contributed by atoms with van der Waals surface area (Å²) in [5, 5.41) is 9.53. The van der Waals surface area contributed by atoms with Crippen LogP contribution in [0.3, 0.4) is 0 Å². The quantitative estimate of drug-likeness (QED) is 0.734. The number of esters is 1. The number of rotatable bonds is 5. The van der Waals surface area contributed by atoms with E-state index in [9.17, 15) is 9.59 Å². The minimum absolute atomic E-state index is 0.0366. The van der Waals surface area contributed by atoms with Crippen molar-refractivity contribution in [2.24, 2.45) is 5.10 Å². The highest BCUT2D eigenvalue weighted by Crippen LogP contribution is 2.28. The first kappa shape index (κ1) is 19.8. The second-order valence-corrected chi connectivity index (χ2v) is 7.68. The van der Waals surface area contributed by atoms with Gasteiger partial charge in [0.15, 0.2) is 0 Å². The molecule has 3 aliphatic rings. The van der Waals surface area contributed by atoms with Gasteiger partial charge in [-0.2, -0.15) is 5.10 Å². The minimum atomic E-state index is -0.501. The van der Waals surface area contributed by atoms with Gasteiger partial charge in [-0.15, -0.1) is 0 Å². The molecule has 0 radical (unpaired) electrons. The second kappa shape index (κ2) is 8.92. The molecular weight excluding hydrogens is 370 g/mol. The lowest BCUT2D eigenvalue weighted by Gasteiger charge is -2.33. The Bertz CT molecular complexity index is 763. The highest BCUT2D eigenvalue weighted by Gasteiger charge is 2.41. The van der Waals surface area contributed by atoms with Gasteiger partial charge in [-0.3, -0.25) is 14.7 Å². The summed E-state index contributed by atoms with van der Waals surface area (Å²) in [6.07, 6.45) is 1.27. The summed E-state index contributed by atoms with van der Waals surface area (Å²) in [6, 6.07) is 9.47. The molecule has 2 atom stereocenters. The van der Waals surface area contributed by atoms with Crippen molar-refractivity contribution in [2.75, 3.05) is 50.9 Å². The molecule has 1 amide bonds. The Morgan fingerprint density at radius 1 is 1.17 bits per heavy atom. The Kier molecular flexibility index (Phi) is 6.10. The number of likely N-dealkylation sites (tertiary alicyclic amines) is 1. The molecular formula is C21H29N5O3. The predicted molar refractivity (Wildman–Crippen MR) is 111 cm³/mol. The number of hydrazone groups is 1. The lowest BCUT2D eigenvalue weighted by atomic mass is 10.1. The maximum atomic E-state index is 13.4. The standard InChI is InChI=1S/C21H29N5O3/c1-2-29-21(28)18-14-19(26(23-18)16-6-4-3-5-7-16)20(27)25-11-8-17(15-25)24-12-9-22-10-13-24/h3-7,17,19,22H,2,8-15H2,1H3. The van der Waals surface area contributed by atoms with Crippen LogP contribution in [0.25, 0.3) is 0 Å². The molecule has 1 N–H and O–H groups in total. The fourth-order valence-electron chi connectivity index (χ4n) is 4.36. The number of anilines is 1. The van der Waals surface area contributed by atoms with Crippen LogP contribution in [0, 0.1) is 0 Å². The van der Waals surface area contributed by atoms with Gasteiger partial charge in [-0.05, 0) is 25.5 Å². The Morgan fingerprint density at radius 3 is 2.66 bits per heavy atom. The van der Waals surface area contributed by atoms with E-state index in [1.165, 1.54) is 0 Å². The van der Waals surface area contributed by atoms with Crippen molar-refractivity contribution in [2.45, 2.75) is 31.8 Å². The van der Waals surface area contributed by atoms with Gasteiger partial charge in [0, 0.05) is 51.7 Å². The normalized spacial score (nSPS) is 25.2. The van der Waals surface area contributed by atoms with Crippen LogP contribution in [0.1, 0.15) is 19.8 Å². The van der Waals surface area contributed by atoms with E-state index < -0.39 is 12.0 Å². The van der Waals surface area contributed by atoms with Crippen molar-refractivity contribution in [1.29, 1.82) is 0 Å². The van der Waals surface area contributed by atoms with Crippen molar-refractivity contribution in [3.8, 4) is 0 Å². The maximum Gasteiger partial charge on any atom is 0.354 e. The van der Waals surface area contributed by atoms with Crippen LogP contribution in [0.5, 0.6) is 0 Å². The number of ether oxygens (including phenoxy) is 1. The van der Waals surface area contributed by atoms with Gasteiger partial charge < -0.3 is 15.0 Å². The third-order valence-corrected chi connectivity index (χ3v) is 5.87. The molecule has 8 nitrogen and oxygen atoms in total. The van der Waals surface area contributed by atoms with E-state index in [4.69, 9.17) is 4.74 Å². The summed E-state index contributed by atoms with van der Waals surface area (Å²) < 4.78 is 5.13. The average molecular weight is 399 g/mol. The second-order valence-electron chi connectivity index (χ2n) is 7.68. The molecule has 8 heteroatoms. The van der Waals surface area contributed by atoms with Crippen molar-refractivity contribution in [3.63, 3.8) is 0 Å². The van der Waals surface area contributed by atoms with E-state index in [0.717, 1.165) is 51.4 Å². The first-order chi connectivity index (χ1) is 14.2. The third-order valence-electron chi connectivity index (χ3n) is 5.87. The van der Waals surface area contributed by atoms with E-state index in [1.54, 1.807) is 11.9 Å². The highest BCUT2D eigenvalue weighted by atomic mass is 16.5. The Balaban J connectivity index is 1.48. The Hall–Kier alpha value is -2.45. The first-order valence-corrected chi connectivity index (χ1v) is 10.5. The molecule has 0 aromatic heterocycles. The number of hydrogen-bond donors (Lipinski definition) is 1. The number of amides is 1. The van der Waals surface area contributed by atoms with E-state index in [-0.39, 0.29) is 12.3 Å². The number of hydrogen-bond acceptors (Lipinski definition) is 7. The fraction of sp³-hybridized carbons (Fsp3) is 0.571. The molecule has 29 heavy (non-hydrogen) atoms. The van der Waals surface area contributed by atoms with Crippen LogP contribution in [-0.4, -0.2) is 85.3 Å². The zero-order valence-electron chi connectivity index (χ0n) is 16.9. The molecule has 156 valence electrons. The third kappa shape index (κ3) is 4.28. The number of nitrogens with one attached hydrogen (secondary N) is 1. The number of para-hydroxylation sites is 1. The number of piperazine rings is 1. The first-order valence-electron chi connectivity index (χ1n) is 10.5. The van der Waals surface area contributed by atoms with Gasteiger partial charge in [-0.1, -0.05) is 18.2 Å². The van der Waals surface area contributed by atoms with Gasteiger partial charge in [0.05, 0.1) is 12.3 Å². The van der Waals surface area contributed by atoms with E-state index in [0.29, 0.717) is 18.4 Å². The molecule has 0 spiro atoms. The molecule has 1 aromatic rings. The van der Waals surface area contributed by atoms with Crippen LogP contribution in [0.2, 0.25) is 0 Å². The molecule has 3 aliphatic heterocycles. The van der Waals surface area contributed by atoms with Crippen LogP contribution < -0.4 is 10.3 Å². The van der Waals surface area contributed by atoms with Crippen LogP contribution in [-0.2, 0) is 14.3 Å². The molecule has 2 unspecified atom stereocenters. The summed E-state index contributed by atoms with van der Waals surface area (Å²) in [5.74, 6) is -0.404. The number of carbonyl (C=O) groups excluding carboxylic acids is 2. The smallest absolute Gasteiger partial charge is 0.354 e. The number of carbonyl (C=O) groups is 2.